The number of amides is 1. The lowest BCUT2D eigenvalue weighted by molar-refractivity contribution is 0.1000. The second-order valence-electron chi connectivity index (χ2n) is 3.02. The molecular weight excluding hydrogens is 226 g/mol. The lowest BCUT2D eigenvalue weighted by Gasteiger charge is -1.99. The second-order valence-corrected chi connectivity index (χ2v) is 3.77. The Labute approximate surface area is 96.1 Å². The fraction of sp³-hybridized carbons (Fsp3) is 0.100. The first-order valence-electron chi connectivity index (χ1n) is 4.48. The fourth-order valence-electron chi connectivity index (χ4n) is 1.18. The van der Waals surface area contributed by atoms with E-state index in [1.165, 1.54) is 0 Å². The van der Waals surface area contributed by atoms with Gasteiger partial charge in [0.25, 0.3) is 5.91 Å². The third-order valence-electron chi connectivity index (χ3n) is 1.99. The number of benzene rings is 1. The summed E-state index contributed by atoms with van der Waals surface area (Å²) in [4.78, 5) is 14.9. The van der Waals surface area contributed by atoms with Crippen molar-refractivity contribution < 1.29 is 9.53 Å². The van der Waals surface area contributed by atoms with E-state index in [0.717, 1.165) is 22.8 Å². The van der Waals surface area contributed by atoms with Gasteiger partial charge in [0.1, 0.15) is 5.75 Å². The molecule has 0 radical (unpaired) electrons. The van der Waals surface area contributed by atoms with E-state index in [1.807, 2.05) is 12.1 Å². The molecule has 82 valence electrons. The van der Waals surface area contributed by atoms with Gasteiger partial charge < -0.3 is 10.5 Å². The molecule has 0 aliphatic carbocycles. The summed E-state index contributed by atoms with van der Waals surface area (Å²) >= 11 is 0.996. The molecule has 1 aromatic carbocycles. The van der Waals surface area contributed by atoms with Crippen LogP contribution in [0.2, 0.25) is 0 Å². The summed E-state index contributed by atoms with van der Waals surface area (Å²) in [6.07, 6.45) is 0. The van der Waals surface area contributed by atoms with Gasteiger partial charge in [-0.3, -0.25) is 4.79 Å². The third kappa shape index (κ3) is 2.01. The van der Waals surface area contributed by atoms with Crippen molar-refractivity contribution >= 4 is 17.4 Å². The van der Waals surface area contributed by atoms with E-state index in [1.54, 1.807) is 19.2 Å². The van der Waals surface area contributed by atoms with E-state index < -0.39 is 5.91 Å². The first-order valence-corrected chi connectivity index (χ1v) is 5.26. The van der Waals surface area contributed by atoms with E-state index >= 15 is 0 Å². The number of carbonyl (C=O) groups is 1. The minimum atomic E-state index is -0.558. The highest BCUT2D eigenvalue weighted by molar-refractivity contribution is 7.07. The van der Waals surface area contributed by atoms with Gasteiger partial charge in [0.05, 0.1) is 7.11 Å². The molecule has 2 N–H and O–H groups in total. The zero-order valence-electron chi connectivity index (χ0n) is 8.51. The Morgan fingerprint density at radius 3 is 2.56 bits per heavy atom. The van der Waals surface area contributed by atoms with Gasteiger partial charge in [0, 0.05) is 5.56 Å². The number of nitrogens with two attached hydrogens (primary N) is 1. The smallest absolute Gasteiger partial charge is 0.279 e. The van der Waals surface area contributed by atoms with Crippen LogP contribution in [0, 0.1) is 0 Å². The van der Waals surface area contributed by atoms with Crippen LogP contribution in [0.4, 0.5) is 0 Å². The van der Waals surface area contributed by atoms with E-state index in [-0.39, 0.29) is 5.01 Å². The quantitative estimate of drug-likeness (QED) is 0.870. The number of aromatic nitrogens is 2. The Kier molecular flexibility index (Phi) is 2.82. The Bertz CT molecular complexity index is 507. The predicted octanol–water partition coefficient (Wildman–Crippen LogP) is 1.31. The number of rotatable bonds is 3. The van der Waals surface area contributed by atoms with E-state index in [0.29, 0.717) is 5.82 Å². The maximum atomic E-state index is 10.9. The van der Waals surface area contributed by atoms with Crippen molar-refractivity contribution in [2.75, 3.05) is 7.11 Å². The van der Waals surface area contributed by atoms with Crippen molar-refractivity contribution in [3.8, 4) is 17.1 Å². The van der Waals surface area contributed by atoms with Crippen LogP contribution < -0.4 is 10.5 Å². The Balaban J connectivity index is 2.31. The molecular formula is C10H9N3O2S. The molecule has 0 saturated carbocycles. The number of hydrogen-bond acceptors (Lipinski definition) is 5. The maximum Gasteiger partial charge on any atom is 0.279 e. The fourth-order valence-corrected chi connectivity index (χ4v) is 1.72. The summed E-state index contributed by atoms with van der Waals surface area (Å²) in [6, 6.07) is 7.26. The standard InChI is InChI=1S/C10H9N3O2S/c1-15-7-4-2-6(3-5-7)9-12-10(8(11)14)16-13-9/h2-5H,1H3,(H2,11,14). The Morgan fingerprint density at radius 2 is 2.06 bits per heavy atom. The minimum absolute atomic E-state index is 0.214. The molecule has 2 aromatic rings. The second kappa shape index (κ2) is 4.28. The van der Waals surface area contributed by atoms with Gasteiger partial charge in [-0.05, 0) is 35.8 Å². The van der Waals surface area contributed by atoms with Gasteiger partial charge in [-0.1, -0.05) is 0 Å². The zero-order chi connectivity index (χ0) is 11.5. The summed E-state index contributed by atoms with van der Waals surface area (Å²) in [5.74, 6) is 0.702. The molecule has 16 heavy (non-hydrogen) atoms. The summed E-state index contributed by atoms with van der Waals surface area (Å²) in [7, 11) is 1.60. The molecule has 2 rings (SSSR count). The van der Waals surface area contributed by atoms with Crippen LogP contribution in [-0.4, -0.2) is 22.4 Å². The minimum Gasteiger partial charge on any atom is -0.497 e. The largest absolute Gasteiger partial charge is 0.497 e. The van der Waals surface area contributed by atoms with Gasteiger partial charge in [-0.15, -0.1) is 0 Å². The normalized spacial score (nSPS) is 10.1. The SMILES string of the molecule is COc1ccc(-c2nsc(C(N)=O)n2)cc1. The number of nitrogens with zero attached hydrogens (tertiary/aromatic N) is 2. The summed E-state index contributed by atoms with van der Waals surface area (Å²) < 4.78 is 9.09. The van der Waals surface area contributed by atoms with Crippen LogP contribution in [0.15, 0.2) is 24.3 Å². The van der Waals surface area contributed by atoms with Gasteiger partial charge >= 0.3 is 0 Å². The lowest BCUT2D eigenvalue weighted by atomic mass is 10.2. The van der Waals surface area contributed by atoms with E-state index in [4.69, 9.17) is 10.5 Å². The highest BCUT2D eigenvalue weighted by atomic mass is 32.1. The number of primary amides is 1. The van der Waals surface area contributed by atoms with Crippen molar-refractivity contribution in [1.82, 2.24) is 9.36 Å². The molecule has 5 nitrogen and oxygen atoms in total. The Morgan fingerprint density at radius 1 is 1.38 bits per heavy atom. The molecule has 0 aliphatic heterocycles. The molecule has 0 atom stereocenters. The highest BCUT2D eigenvalue weighted by Gasteiger charge is 2.10. The number of hydrogen-bond donors (Lipinski definition) is 1. The molecule has 0 fully saturated rings. The summed E-state index contributed by atoms with van der Waals surface area (Å²) in [5.41, 5.74) is 5.92. The average Bonchev–Trinajstić information content (AvgIpc) is 2.78. The van der Waals surface area contributed by atoms with Crippen LogP contribution in [-0.2, 0) is 0 Å². The van der Waals surface area contributed by atoms with Gasteiger partial charge in [0.2, 0.25) is 5.01 Å². The van der Waals surface area contributed by atoms with Gasteiger partial charge in [-0.25, -0.2) is 4.98 Å². The molecule has 6 heteroatoms. The molecule has 0 spiro atoms. The Hall–Kier alpha value is -1.95. The average molecular weight is 235 g/mol. The van der Waals surface area contributed by atoms with Crippen LogP contribution in [0.3, 0.4) is 0 Å². The van der Waals surface area contributed by atoms with Crippen molar-refractivity contribution in [3.05, 3.63) is 29.3 Å². The van der Waals surface area contributed by atoms with E-state index in [2.05, 4.69) is 9.36 Å². The van der Waals surface area contributed by atoms with Crippen LogP contribution >= 0.6 is 11.5 Å². The topological polar surface area (TPSA) is 78.1 Å². The molecule has 1 heterocycles. The summed E-state index contributed by atoms with van der Waals surface area (Å²) in [6.45, 7) is 0. The third-order valence-corrected chi connectivity index (χ3v) is 2.71. The first-order chi connectivity index (χ1) is 7.70. The van der Waals surface area contributed by atoms with Crippen LogP contribution in [0.1, 0.15) is 9.80 Å². The zero-order valence-corrected chi connectivity index (χ0v) is 9.32. The highest BCUT2D eigenvalue weighted by Crippen LogP contribution is 2.20. The molecule has 0 bridgehead atoms. The van der Waals surface area contributed by atoms with Gasteiger partial charge in [-0.2, -0.15) is 4.37 Å². The molecule has 0 aliphatic rings. The predicted molar refractivity (Wildman–Crippen MR) is 60.4 cm³/mol. The van der Waals surface area contributed by atoms with Crippen molar-refractivity contribution in [3.63, 3.8) is 0 Å². The number of carbonyl (C=O) groups excluding carboxylic acids is 1. The first kappa shape index (κ1) is 10.6. The summed E-state index contributed by atoms with van der Waals surface area (Å²) in [5, 5.41) is 0.214. The van der Waals surface area contributed by atoms with Crippen LogP contribution in [0.5, 0.6) is 5.75 Å². The van der Waals surface area contributed by atoms with Crippen molar-refractivity contribution in [2.24, 2.45) is 5.73 Å². The maximum absolute atomic E-state index is 10.9. The monoisotopic (exact) mass is 235 g/mol. The lowest BCUT2D eigenvalue weighted by Crippen LogP contribution is -2.10. The molecule has 0 unspecified atom stereocenters. The van der Waals surface area contributed by atoms with Crippen molar-refractivity contribution in [1.29, 1.82) is 0 Å². The molecule has 0 saturated heterocycles. The molecule has 1 aromatic heterocycles. The number of ether oxygens (including phenoxy) is 1. The number of methoxy groups -OCH3 is 1. The van der Waals surface area contributed by atoms with Crippen LogP contribution in [0.25, 0.3) is 11.4 Å². The van der Waals surface area contributed by atoms with E-state index in [9.17, 15) is 4.79 Å². The molecule has 1 amide bonds. The van der Waals surface area contributed by atoms with Gasteiger partial charge in [0.15, 0.2) is 5.82 Å². The van der Waals surface area contributed by atoms with Crippen molar-refractivity contribution in [2.45, 2.75) is 0 Å².